The molecule has 5 nitrogen and oxygen atoms in total. The highest BCUT2D eigenvalue weighted by Crippen LogP contribution is 2.33. The molecule has 0 amide bonds. The molecule has 8 heteroatoms. The van der Waals surface area contributed by atoms with Crippen LogP contribution in [0.4, 0.5) is 18.9 Å². The van der Waals surface area contributed by atoms with E-state index in [4.69, 9.17) is 0 Å². The zero-order valence-electron chi connectivity index (χ0n) is 18.4. The highest BCUT2D eigenvalue weighted by Gasteiger charge is 2.35. The molecule has 1 aromatic carbocycles. The van der Waals surface area contributed by atoms with Gasteiger partial charge < -0.3 is 14.9 Å². The minimum atomic E-state index is -4.33. The van der Waals surface area contributed by atoms with Gasteiger partial charge in [-0.05, 0) is 49.4 Å². The molecule has 2 fully saturated rings. The van der Waals surface area contributed by atoms with Gasteiger partial charge in [0.05, 0.1) is 5.56 Å². The van der Waals surface area contributed by atoms with Crippen molar-refractivity contribution in [2.45, 2.75) is 45.3 Å². The van der Waals surface area contributed by atoms with E-state index in [0.29, 0.717) is 43.1 Å². The lowest BCUT2D eigenvalue weighted by atomic mass is 9.86. The van der Waals surface area contributed by atoms with Gasteiger partial charge in [-0.2, -0.15) is 13.2 Å². The minimum absolute atomic E-state index is 0.181. The lowest BCUT2D eigenvalue weighted by Crippen LogP contribution is -2.57. The zero-order chi connectivity index (χ0) is 22.6. The summed E-state index contributed by atoms with van der Waals surface area (Å²) in [6.45, 7) is 10.3. The van der Waals surface area contributed by atoms with Crippen molar-refractivity contribution in [3.05, 3.63) is 29.8 Å². The molecule has 0 saturated carbocycles. The number of carboxylic acid groups (broad SMARTS) is 1. The number of alkyl halides is 3. The van der Waals surface area contributed by atoms with Gasteiger partial charge in [-0.15, -0.1) is 0 Å². The number of carboxylic acids is 1. The average molecular weight is 442 g/mol. The van der Waals surface area contributed by atoms with E-state index in [1.165, 1.54) is 12.1 Å². The minimum Gasteiger partial charge on any atom is -0.481 e. The van der Waals surface area contributed by atoms with Crippen LogP contribution in [0.1, 0.15) is 38.7 Å². The van der Waals surface area contributed by atoms with Gasteiger partial charge in [-0.1, -0.05) is 19.9 Å². The Kier molecular flexibility index (Phi) is 7.86. The van der Waals surface area contributed by atoms with Crippen molar-refractivity contribution < 1.29 is 23.1 Å². The van der Waals surface area contributed by atoms with Crippen LogP contribution in [0.25, 0.3) is 0 Å². The van der Waals surface area contributed by atoms with Crippen molar-refractivity contribution in [2.24, 2.45) is 11.8 Å². The number of aliphatic carboxylic acids is 1. The summed E-state index contributed by atoms with van der Waals surface area (Å²) in [6, 6.07) is 5.89. The fourth-order valence-electron chi connectivity index (χ4n) is 5.04. The van der Waals surface area contributed by atoms with Crippen molar-refractivity contribution in [2.75, 3.05) is 50.7 Å². The molecule has 31 heavy (non-hydrogen) atoms. The maximum atomic E-state index is 13.1. The number of rotatable bonds is 7. The second-order valence-corrected chi connectivity index (χ2v) is 9.27. The lowest BCUT2D eigenvalue weighted by Gasteiger charge is -2.47. The molecule has 0 aromatic heterocycles. The van der Waals surface area contributed by atoms with E-state index in [1.807, 2.05) is 4.90 Å². The van der Waals surface area contributed by atoms with Gasteiger partial charge in [0.15, 0.2) is 0 Å². The molecule has 2 heterocycles. The van der Waals surface area contributed by atoms with E-state index in [1.54, 1.807) is 6.07 Å². The summed E-state index contributed by atoms with van der Waals surface area (Å²) in [5.74, 6) is 0.130. The predicted octanol–water partition coefficient (Wildman–Crippen LogP) is 4.04. The Bertz CT molecular complexity index is 733. The van der Waals surface area contributed by atoms with Crippen LogP contribution >= 0.6 is 0 Å². The summed E-state index contributed by atoms with van der Waals surface area (Å²) >= 11 is 0. The standard InChI is InChI=1S/C23H34F3N3O2/c1-17(2)15-27-9-8-21(18(16-27)6-7-22(30)31)29-12-10-28(11-13-29)20-5-3-4-19(14-20)23(24,25)26/h3-5,14,17-18,21H,6-13,15-16H2,1-2H3,(H,30,31)/t18-,21+/m1/s1. The molecule has 1 N–H and O–H groups in total. The predicted molar refractivity (Wildman–Crippen MR) is 115 cm³/mol. The maximum Gasteiger partial charge on any atom is 0.416 e. The van der Waals surface area contributed by atoms with Crippen LogP contribution < -0.4 is 4.90 Å². The van der Waals surface area contributed by atoms with Gasteiger partial charge in [0, 0.05) is 57.4 Å². The number of benzene rings is 1. The average Bonchev–Trinajstić information content (AvgIpc) is 2.71. The highest BCUT2D eigenvalue weighted by molar-refractivity contribution is 5.66. The number of carbonyl (C=O) groups is 1. The van der Waals surface area contributed by atoms with Crippen LogP contribution in [-0.4, -0.2) is 72.7 Å². The third-order valence-electron chi connectivity index (χ3n) is 6.45. The Balaban J connectivity index is 1.62. The quantitative estimate of drug-likeness (QED) is 0.692. The first kappa shape index (κ1) is 23.9. The molecule has 0 bridgehead atoms. The van der Waals surface area contributed by atoms with Crippen molar-refractivity contribution in [3.8, 4) is 0 Å². The van der Waals surface area contributed by atoms with Crippen molar-refractivity contribution in [3.63, 3.8) is 0 Å². The molecule has 2 saturated heterocycles. The second-order valence-electron chi connectivity index (χ2n) is 9.27. The summed E-state index contributed by atoms with van der Waals surface area (Å²) in [5, 5.41) is 9.18. The summed E-state index contributed by atoms with van der Waals surface area (Å²) in [7, 11) is 0. The third kappa shape index (κ3) is 6.59. The number of halogens is 3. The number of likely N-dealkylation sites (tertiary alicyclic amines) is 1. The maximum absolute atomic E-state index is 13.1. The Labute approximate surface area is 182 Å². The molecule has 2 aliphatic rings. The fourth-order valence-corrected chi connectivity index (χ4v) is 5.04. The molecule has 174 valence electrons. The first-order chi connectivity index (χ1) is 14.6. The second kappa shape index (κ2) is 10.2. The molecule has 0 unspecified atom stereocenters. The van der Waals surface area contributed by atoms with Crippen LogP contribution in [-0.2, 0) is 11.0 Å². The summed E-state index contributed by atoms with van der Waals surface area (Å²) < 4.78 is 39.2. The van der Waals surface area contributed by atoms with Crippen LogP contribution in [0.2, 0.25) is 0 Å². The van der Waals surface area contributed by atoms with Gasteiger partial charge >= 0.3 is 12.1 Å². The van der Waals surface area contributed by atoms with E-state index in [9.17, 15) is 23.1 Å². The Morgan fingerprint density at radius 1 is 1.16 bits per heavy atom. The number of hydrogen-bond donors (Lipinski definition) is 1. The van der Waals surface area contributed by atoms with Gasteiger partial charge in [0.1, 0.15) is 0 Å². The molecule has 3 rings (SSSR count). The van der Waals surface area contributed by atoms with Crippen LogP contribution in [0.15, 0.2) is 24.3 Å². The monoisotopic (exact) mass is 441 g/mol. The molecule has 2 atom stereocenters. The van der Waals surface area contributed by atoms with Crippen molar-refractivity contribution in [1.82, 2.24) is 9.80 Å². The number of hydrogen-bond acceptors (Lipinski definition) is 4. The van der Waals surface area contributed by atoms with E-state index >= 15 is 0 Å². The van der Waals surface area contributed by atoms with Crippen molar-refractivity contribution in [1.29, 1.82) is 0 Å². The van der Waals surface area contributed by atoms with Crippen molar-refractivity contribution >= 4 is 11.7 Å². The Morgan fingerprint density at radius 2 is 1.87 bits per heavy atom. The number of nitrogens with zero attached hydrogens (tertiary/aromatic N) is 3. The SMILES string of the molecule is CC(C)CN1CC[C@H](N2CCN(c3cccc(C(F)(F)F)c3)CC2)[C@H](CCC(=O)O)C1. The first-order valence-corrected chi connectivity index (χ1v) is 11.2. The van der Waals surface area contributed by atoms with Gasteiger partial charge in [0.25, 0.3) is 0 Å². The molecule has 0 aliphatic carbocycles. The molecular weight excluding hydrogens is 407 g/mol. The smallest absolute Gasteiger partial charge is 0.416 e. The lowest BCUT2D eigenvalue weighted by molar-refractivity contribution is -0.138. The summed E-state index contributed by atoms with van der Waals surface area (Å²) in [4.78, 5) is 18.1. The fraction of sp³-hybridized carbons (Fsp3) is 0.696. The largest absolute Gasteiger partial charge is 0.481 e. The van der Waals surface area contributed by atoms with E-state index in [0.717, 1.165) is 45.2 Å². The molecule has 1 aromatic rings. The number of anilines is 1. The Morgan fingerprint density at radius 3 is 2.48 bits per heavy atom. The first-order valence-electron chi connectivity index (χ1n) is 11.2. The van der Waals surface area contributed by atoms with E-state index in [2.05, 4.69) is 23.6 Å². The highest BCUT2D eigenvalue weighted by atomic mass is 19.4. The molecule has 0 spiro atoms. The Hall–Kier alpha value is -1.80. The van der Waals surface area contributed by atoms with Crippen LogP contribution in [0, 0.1) is 11.8 Å². The topological polar surface area (TPSA) is 47.0 Å². The van der Waals surface area contributed by atoms with E-state index in [-0.39, 0.29) is 6.42 Å². The number of piperazine rings is 1. The summed E-state index contributed by atoms with van der Waals surface area (Å²) in [6.07, 6.45) is -2.47. The van der Waals surface area contributed by atoms with Gasteiger partial charge in [-0.25, -0.2) is 0 Å². The van der Waals surface area contributed by atoms with Crippen LogP contribution in [0.3, 0.4) is 0 Å². The molecule has 2 aliphatic heterocycles. The molecular formula is C23H34F3N3O2. The third-order valence-corrected chi connectivity index (χ3v) is 6.45. The normalized spacial score (nSPS) is 24.0. The molecule has 0 radical (unpaired) electrons. The number of piperidine rings is 1. The van der Waals surface area contributed by atoms with Crippen LogP contribution in [0.5, 0.6) is 0 Å². The summed E-state index contributed by atoms with van der Waals surface area (Å²) in [5.41, 5.74) is 0.00217. The zero-order valence-corrected chi connectivity index (χ0v) is 18.4. The van der Waals surface area contributed by atoms with E-state index < -0.39 is 17.7 Å². The van der Waals surface area contributed by atoms with Gasteiger partial charge in [0.2, 0.25) is 0 Å². The van der Waals surface area contributed by atoms with Gasteiger partial charge in [-0.3, -0.25) is 9.69 Å².